The minimum atomic E-state index is 0.391. The Morgan fingerprint density at radius 2 is 1.50 bits per heavy atom. The Bertz CT molecular complexity index is 295. The van der Waals surface area contributed by atoms with Crippen molar-refractivity contribution in [3.63, 3.8) is 0 Å². The van der Waals surface area contributed by atoms with Crippen molar-refractivity contribution in [2.75, 3.05) is 0 Å². The summed E-state index contributed by atoms with van der Waals surface area (Å²) >= 11 is 0. The standard InChI is InChI=1S/C17H30O/c1-12-5-6-15(11-13(12)2)16(18)14-7-9-17(3,4)10-8-14/h12-15H,5-11H2,1-4H3. The van der Waals surface area contributed by atoms with Crippen molar-refractivity contribution >= 4 is 5.78 Å². The Hall–Kier alpha value is -0.330. The third-order valence-electron chi connectivity index (χ3n) is 5.74. The zero-order chi connectivity index (χ0) is 13.3. The molecule has 0 aromatic carbocycles. The first-order valence-corrected chi connectivity index (χ1v) is 7.93. The van der Waals surface area contributed by atoms with Crippen LogP contribution in [0, 0.1) is 29.1 Å². The summed E-state index contributed by atoms with van der Waals surface area (Å²) in [6.45, 7) is 9.36. The molecular formula is C17H30O. The van der Waals surface area contributed by atoms with E-state index in [0.29, 0.717) is 23.0 Å². The van der Waals surface area contributed by atoms with Gasteiger partial charge in [-0.1, -0.05) is 27.7 Å². The zero-order valence-electron chi connectivity index (χ0n) is 12.7. The molecule has 0 heterocycles. The monoisotopic (exact) mass is 250 g/mol. The molecule has 1 heteroatoms. The second kappa shape index (κ2) is 5.35. The Morgan fingerprint density at radius 1 is 0.889 bits per heavy atom. The molecule has 0 radical (unpaired) electrons. The summed E-state index contributed by atoms with van der Waals surface area (Å²) in [4.78, 5) is 12.6. The van der Waals surface area contributed by atoms with Crippen LogP contribution in [0.2, 0.25) is 0 Å². The van der Waals surface area contributed by atoms with Gasteiger partial charge in [-0.25, -0.2) is 0 Å². The molecule has 0 N–H and O–H groups in total. The number of carbonyl (C=O) groups excluding carboxylic acids is 1. The van der Waals surface area contributed by atoms with Crippen molar-refractivity contribution in [1.82, 2.24) is 0 Å². The first kappa shape index (κ1) is 14.1. The highest BCUT2D eigenvalue weighted by Crippen LogP contribution is 2.42. The molecule has 2 aliphatic carbocycles. The summed E-state index contributed by atoms with van der Waals surface area (Å²) in [6.07, 6.45) is 8.34. The summed E-state index contributed by atoms with van der Waals surface area (Å²) in [5.74, 6) is 2.96. The number of hydrogen-bond donors (Lipinski definition) is 0. The summed E-state index contributed by atoms with van der Waals surface area (Å²) in [5, 5.41) is 0. The fourth-order valence-electron chi connectivity index (χ4n) is 3.82. The normalized spacial score (nSPS) is 37.4. The summed E-state index contributed by atoms with van der Waals surface area (Å²) in [7, 11) is 0. The van der Waals surface area contributed by atoms with Crippen LogP contribution in [0.1, 0.15) is 72.6 Å². The maximum atomic E-state index is 12.6. The lowest BCUT2D eigenvalue weighted by molar-refractivity contribution is -0.130. The molecular weight excluding hydrogens is 220 g/mol. The van der Waals surface area contributed by atoms with E-state index < -0.39 is 0 Å². The zero-order valence-corrected chi connectivity index (χ0v) is 12.7. The van der Waals surface area contributed by atoms with Gasteiger partial charge in [-0.3, -0.25) is 4.79 Å². The molecule has 0 aromatic heterocycles. The third-order valence-corrected chi connectivity index (χ3v) is 5.74. The molecule has 3 atom stereocenters. The molecule has 0 amide bonds. The predicted octanol–water partition coefficient (Wildman–Crippen LogP) is 4.84. The smallest absolute Gasteiger partial charge is 0.139 e. The molecule has 0 spiro atoms. The number of hydrogen-bond acceptors (Lipinski definition) is 1. The number of ketones is 1. The van der Waals surface area contributed by atoms with Crippen LogP contribution in [0.4, 0.5) is 0 Å². The molecule has 2 rings (SSSR count). The molecule has 2 aliphatic rings. The summed E-state index contributed by atoms with van der Waals surface area (Å²) in [6, 6.07) is 0. The second-order valence-corrected chi connectivity index (χ2v) is 7.81. The minimum Gasteiger partial charge on any atom is -0.299 e. The van der Waals surface area contributed by atoms with Crippen LogP contribution in [-0.2, 0) is 4.79 Å². The maximum absolute atomic E-state index is 12.6. The Morgan fingerprint density at radius 3 is 2.06 bits per heavy atom. The molecule has 2 saturated carbocycles. The SMILES string of the molecule is CC1CCC(C(=O)C2CCC(C)(C)CC2)CC1C. The van der Waals surface area contributed by atoms with Gasteiger partial charge in [0.2, 0.25) is 0 Å². The Kier molecular flexibility index (Phi) is 4.18. The topological polar surface area (TPSA) is 17.1 Å². The molecule has 0 saturated heterocycles. The van der Waals surface area contributed by atoms with Gasteiger partial charge in [-0.05, 0) is 62.2 Å². The highest BCUT2D eigenvalue weighted by Gasteiger charge is 2.36. The van der Waals surface area contributed by atoms with Crippen molar-refractivity contribution in [2.24, 2.45) is 29.1 Å². The van der Waals surface area contributed by atoms with Gasteiger partial charge in [-0.2, -0.15) is 0 Å². The fourth-order valence-corrected chi connectivity index (χ4v) is 3.82. The van der Waals surface area contributed by atoms with E-state index >= 15 is 0 Å². The van der Waals surface area contributed by atoms with Crippen LogP contribution in [0.3, 0.4) is 0 Å². The van der Waals surface area contributed by atoms with Crippen molar-refractivity contribution in [3.05, 3.63) is 0 Å². The molecule has 3 unspecified atom stereocenters. The quantitative estimate of drug-likeness (QED) is 0.685. The van der Waals surface area contributed by atoms with Crippen molar-refractivity contribution < 1.29 is 4.79 Å². The van der Waals surface area contributed by atoms with E-state index in [1.54, 1.807) is 0 Å². The largest absolute Gasteiger partial charge is 0.299 e. The summed E-state index contributed by atoms with van der Waals surface area (Å²) < 4.78 is 0. The lowest BCUT2D eigenvalue weighted by atomic mass is 9.67. The van der Waals surface area contributed by atoms with Gasteiger partial charge in [0.1, 0.15) is 5.78 Å². The van der Waals surface area contributed by atoms with Gasteiger partial charge in [0, 0.05) is 11.8 Å². The van der Waals surface area contributed by atoms with Crippen molar-refractivity contribution in [1.29, 1.82) is 0 Å². The van der Waals surface area contributed by atoms with Gasteiger partial charge < -0.3 is 0 Å². The molecule has 0 bridgehead atoms. The van der Waals surface area contributed by atoms with E-state index in [2.05, 4.69) is 27.7 Å². The molecule has 104 valence electrons. The second-order valence-electron chi connectivity index (χ2n) is 7.81. The van der Waals surface area contributed by atoms with Crippen molar-refractivity contribution in [2.45, 2.75) is 72.6 Å². The van der Waals surface area contributed by atoms with E-state index in [1.807, 2.05) is 0 Å². The average Bonchev–Trinajstić information content (AvgIpc) is 2.32. The van der Waals surface area contributed by atoms with Crippen LogP contribution >= 0.6 is 0 Å². The van der Waals surface area contributed by atoms with Crippen molar-refractivity contribution in [3.8, 4) is 0 Å². The van der Waals surface area contributed by atoms with E-state index in [9.17, 15) is 4.79 Å². The molecule has 0 aromatic rings. The lowest BCUT2D eigenvalue weighted by Crippen LogP contribution is -2.33. The lowest BCUT2D eigenvalue weighted by Gasteiger charge is -2.37. The van der Waals surface area contributed by atoms with Gasteiger partial charge in [0.05, 0.1) is 0 Å². The minimum absolute atomic E-state index is 0.391. The third kappa shape index (κ3) is 3.16. The van der Waals surface area contributed by atoms with Crippen LogP contribution in [0.15, 0.2) is 0 Å². The van der Waals surface area contributed by atoms with Crippen LogP contribution in [0.25, 0.3) is 0 Å². The first-order chi connectivity index (χ1) is 8.39. The average molecular weight is 250 g/mol. The molecule has 0 aliphatic heterocycles. The van der Waals surface area contributed by atoms with E-state index in [1.165, 1.54) is 19.3 Å². The van der Waals surface area contributed by atoms with Gasteiger partial charge in [0.15, 0.2) is 0 Å². The van der Waals surface area contributed by atoms with Gasteiger partial charge in [0.25, 0.3) is 0 Å². The fraction of sp³-hybridized carbons (Fsp3) is 0.941. The number of rotatable bonds is 2. The molecule has 2 fully saturated rings. The predicted molar refractivity (Wildman–Crippen MR) is 76.4 cm³/mol. The Labute approximate surface area is 113 Å². The highest BCUT2D eigenvalue weighted by atomic mass is 16.1. The van der Waals surface area contributed by atoms with Gasteiger partial charge in [-0.15, -0.1) is 0 Å². The molecule has 1 nitrogen and oxygen atoms in total. The maximum Gasteiger partial charge on any atom is 0.139 e. The summed E-state index contributed by atoms with van der Waals surface area (Å²) in [5.41, 5.74) is 0.477. The van der Waals surface area contributed by atoms with E-state index in [4.69, 9.17) is 0 Å². The van der Waals surface area contributed by atoms with E-state index in [-0.39, 0.29) is 0 Å². The van der Waals surface area contributed by atoms with Crippen LogP contribution in [0.5, 0.6) is 0 Å². The molecule has 18 heavy (non-hydrogen) atoms. The number of Topliss-reactive ketones (excluding diaryl/α,β-unsaturated/α-hetero) is 1. The van der Waals surface area contributed by atoms with Gasteiger partial charge >= 0.3 is 0 Å². The van der Waals surface area contributed by atoms with Crippen LogP contribution in [-0.4, -0.2) is 5.78 Å². The number of carbonyl (C=O) groups is 1. The first-order valence-electron chi connectivity index (χ1n) is 7.93. The Balaban J connectivity index is 1.88. The highest BCUT2D eigenvalue weighted by molar-refractivity contribution is 5.83. The van der Waals surface area contributed by atoms with Crippen LogP contribution < -0.4 is 0 Å². The van der Waals surface area contributed by atoms with E-state index in [0.717, 1.165) is 37.5 Å².